The Morgan fingerprint density at radius 1 is 1.46 bits per heavy atom. The molecule has 0 amide bonds. The SMILES string of the molecule is C=CC(=O)Cc1cc(=O)[nH]c(=O)[nH]1. The molecule has 13 heavy (non-hydrogen) atoms. The lowest BCUT2D eigenvalue weighted by molar-refractivity contribution is -0.114. The van der Waals surface area contributed by atoms with E-state index >= 15 is 0 Å². The smallest absolute Gasteiger partial charge is 0.311 e. The lowest BCUT2D eigenvalue weighted by Gasteiger charge is -1.94. The van der Waals surface area contributed by atoms with Crippen molar-refractivity contribution in [1.82, 2.24) is 9.97 Å². The van der Waals surface area contributed by atoms with Crippen molar-refractivity contribution in [3.63, 3.8) is 0 Å². The molecule has 2 N–H and O–H groups in total. The molecule has 68 valence electrons. The fourth-order valence-corrected chi connectivity index (χ4v) is 0.874. The minimum atomic E-state index is -0.612. The molecule has 1 aromatic heterocycles. The van der Waals surface area contributed by atoms with E-state index in [1.165, 1.54) is 6.07 Å². The number of ketones is 1. The molecule has 0 atom stereocenters. The Labute approximate surface area is 73.1 Å². The second-order valence-corrected chi connectivity index (χ2v) is 2.46. The molecule has 1 rings (SSSR count). The Morgan fingerprint density at radius 2 is 2.15 bits per heavy atom. The first-order valence-corrected chi connectivity index (χ1v) is 3.59. The molecule has 0 aromatic carbocycles. The van der Waals surface area contributed by atoms with Crippen molar-refractivity contribution in [3.05, 3.63) is 45.3 Å². The lowest BCUT2D eigenvalue weighted by Crippen LogP contribution is -2.23. The Bertz CT molecular complexity index is 413. The summed E-state index contributed by atoms with van der Waals surface area (Å²) in [6, 6.07) is 1.17. The molecule has 0 bridgehead atoms. The molecule has 5 nitrogen and oxygen atoms in total. The van der Waals surface area contributed by atoms with Crippen molar-refractivity contribution in [2.24, 2.45) is 0 Å². The number of hydrogen-bond acceptors (Lipinski definition) is 3. The summed E-state index contributed by atoms with van der Waals surface area (Å²) in [6.07, 6.45) is 1.13. The van der Waals surface area contributed by atoms with Crippen LogP contribution in [0.2, 0.25) is 0 Å². The first kappa shape index (κ1) is 9.18. The van der Waals surface area contributed by atoms with Crippen molar-refractivity contribution in [3.8, 4) is 0 Å². The maximum atomic E-state index is 10.9. The predicted molar refractivity (Wildman–Crippen MR) is 46.6 cm³/mol. The van der Waals surface area contributed by atoms with Gasteiger partial charge in [0.05, 0.1) is 6.42 Å². The van der Waals surface area contributed by atoms with E-state index < -0.39 is 11.2 Å². The maximum Gasteiger partial charge on any atom is 0.325 e. The van der Waals surface area contributed by atoms with Crippen molar-refractivity contribution >= 4 is 5.78 Å². The van der Waals surface area contributed by atoms with Gasteiger partial charge in [-0.25, -0.2) is 4.79 Å². The molecular weight excluding hydrogens is 172 g/mol. The summed E-state index contributed by atoms with van der Waals surface area (Å²) in [7, 11) is 0. The fraction of sp³-hybridized carbons (Fsp3) is 0.125. The molecular formula is C8H8N2O3. The summed E-state index contributed by atoms with van der Waals surface area (Å²) in [6.45, 7) is 3.27. The standard InChI is InChI=1S/C8H8N2O3/c1-2-6(11)3-5-4-7(12)10-8(13)9-5/h2,4H,1,3H2,(H2,9,10,12,13). The van der Waals surface area contributed by atoms with Gasteiger partial charge >= 0.3 is 5.69 Å². The normalized spacial score (nSPS) is 9.54. The van der Waals surface area contributed by atoms with Crippen LogP contribution in [0, 0.1) is 0 Å². The molecule has 0 aliphatic carbocycles. The van der Waals surface area contributed by atoms with E-state index in [1.807, 2.05) is 4.98 Å². The van der Waals surface area contributed by atoms with E-state index in [4.69, 9.17) is 0 Å². The first-order chi connectivity index (χ1) is 6.11. The van der Waals surface area contributed by atoms with E-state index in [9.17, 15) is 14.4 Å². The van der Waals surface area contributed by atoms with Gasteiger partial charge in [-0.2, -0.15) is 0 Å². The molecule has 0 saturated carbocycles. The van der Waals surface area contributed by atoms with Crippen LogP contribution >= 0.6 is 0 Å². The van der Waals surface area contributed by atoms with E-state index in [2.05, 4.69) is 11.6 Å². The Balaban J connectivity index is 3.02. The Kier molecular flexibility index (Phi) is 2.59. The summed E-state index contributed by atoms with van der Waals surface area (Å²) in [5, 5.41) is 0. The van der Waals surface area contributed by atoms with Gasteiger partial charge in [0, 0.05) is 11.8 Å². The topological polar surface area (TPSA) is 82.8 Å². The summed E-state index contributed by atoms with van der Waals surface area (Å²) < 4.78 is 0. The highest BCUT2D eigenvalue weighted by molar-refractivity contribution is 5.90. The number of aromatic amines is 2. The third-order valence-corrected chi connectivity index (χ3v) is 1.41. The van der Waals surface area contributed by atoms with Crippen molar-refractivity contribution in [1.29, 1.82) is 0 Å². The minimum Gasteiger partial charge on any atom is -0.311 e. The number of carbonyl (C=O) groups excluding carboxylic acids is 1. The molecule has 0 fully saturated rings. The van der Waals surface area contributed by atoms with Gasteiger partial charge in [0.15, 0.2) is 5.78 Å². The average Bonchev–Trinajstić information content (AvgIpc) is 2.02. The van der Waals surface area contributed by atoms with E-state index in [1.54, 1.807) is 0 Å². The number of carbonyl (C=O) groups is 1. The van der Waals surface area contributed by atoms with Gasteiger partial charge < -0.3 is 4.98 Å². The van der Waals surface area contributed by atoms with Gasteiger partial charge in [0.2, 0.25) is 0 Å². The predicted octanol–water partition coefficient (Wildman–Crippen LogP) is -0.639. The largest absolute Gasteiger partial charge is 0.325 e. The second-order valence-electron chi connectivity index (χ2n) is 2.46. The van der Waals surface area contributed by atoms with Crippen LogP contribution in [0.3, 0.4) is 0 Å². The van der Waals surface area contributed by atoms with E-state index in [0.29, 0.717) is 5.69 Å². The monoisotopic (exact) mass is 180 g/mol. The summed E-state index contributed by atoms with van der Waals surface area (Å²) >= 11 is 0. The first-order valence-electron chi connectivity index (χ1n) is 3.59. The van der Waals surface area contributed by atoms with Gasteiger partial charge in [-0.1, -0.05) is 6.58 Å². The number of nitrogens with one attached hydrogen (secondary N) is 2. The van der Waals surface area contributed by atoms with Crippen LogP contribution < -0.4 is 11.2 Å². The number of allylic oxidation sites excluding steroid dienone is 1. The fourth-order valence-electron chi connectivity index (χ4n) is 0.874. The van der Waals surface area contributed by atoms with Crippen LogP contribution in [-0.4, -0.2) is 15.8 Å². The zero-order valence-corrected chi connectivity index (χ0v) is 6.79. The minimum absolute atomic E-state index is 0.0113. The summed E-state index contributed by atoms with van der Waals surface area (Å²) in [5.74, 6) is -0.249. The third kappa shape index (κ3) is 2.55. The van der Waals surface area contributed by atoms with Gasteiger partial charge in [-0.3, -0.25) is 14.6 Å². The quantitative estimate of drug-likeness (QED) is 0.607. The maximum absolute atomic E-state index is 10.9. The molecule has 0 aliphatic rings. The molecule has 5 heteroatoms. The van der Waals surface area contributed by atoms with Gasteiger partial charge in [0.1, 0.15) is 0 Å². The summed E-state index contributed by atoms with van der Waals surface area (Å²) in [4.78, 5) is 36.7. The molecule has 0 saturated heterocycles. The van der Waals surface area contributed by atoms with E-state index in [-0.39, 0.29) is 12.2 Å². The molecule has 0 unspecified atom stereocenters. The number of hydrogen-bond donors (Lipinski definition) is 2. The zero-order valence-electron chi connectivity index (χ0n) is 6.79. The highest BCUT2D eigenvalue weighted by Crippen LogP contribution is 1.89. The van der Waals surface area contributed by atoms with E-state index in [0.717, 1.165) is 6.08 Å². The van der Waals surface area contributed by atoms with Crippen LogP contribution in [0.15, 0.2) is 28.3 Å². The Morgan fingerprint density at radius 3 is 2.69 bits per heavy atom. The molecule has 0 spiro atoms. The average molecular weight is 180 g/mol. The molecule has 1 heterocycles. The van der Waals surface area contributed by atoms with Crippen molar-refractivity contribution in [2.75, 3.05) is 0 Å². The Hall–Kier alpha value is -1.91. The zero-order chi connectivity index (χ0) is 9.84. The highest BCUT2D eigenvalue weighted by Gasteiger charge is 2.00. The molecule has 0 aliphatic heterocycles. The van der Waals surface area contributed by atoms with Crippen LogP contribution in [-0.2, 0) is 11.2 Å². The molecule has 0 radical (unpaired) electrons. The van der Waals surface area contributed by atoms with Crippen LogP contribution in [0.25, 0.3) is 0 Å². The highest BCUT2D eigenvalue weighted by atomic mass is 16.2. The van der Waals surface area contributed by atoms with Crippen molar-refractivity contribution < 1.29 is 4.79 Å². The number of H-pyrrole nitrogens is 2. The number of aromatic nitrogens is 2. The lowest BCUT2D eigenvalue weighted by atomic mass is 10.2. The van der Waals surface area contributed by atoms with Crippen molar-refractivity contribution in [2.45, 2.75) is 6.42 Å². The second kappa shape index (κ2) is 3.66. The van der Waals surface area contributed by atoms with Crippen LogP contribution in [0.5, 0.6) is 0 Å². The van der Waals surface area contributed by atoms with Crippen LogP contribution in [0.4, 0.5) is 0 Å². The van der Waals surface area contributed by atoms with Gasteiger partial charge in [-0.05, 0) is 6.08 Å². The van der Waals surface area contributed by atoms with Crippen LogP contribution in [0.1, 0.15) is 5.69 Å². The van der Waals surface area contributed by atoms with Gasteiger partial charge in [-0.15, -0.1) is 0 Å². The third-order valence-electron chi connectivity index (χ3n) is 1.41. The van der Waals surface area contributed by atoms with Gasteiger partial charge in [0.25, 0.3) is 5.56 Å². The summed E-state index contributed by atoms with van der Waals surface area (Å²) in [5.41, 5.74) is -0.839. The number of rotatable bonds is 3. The molecule has 1 aromatic rings.